The summed E-state index contributed by atoms with van der Waals surface area (Å²) < 4.78 is 0. The van der Waals surface area contributed by atoms with Crippen molar-refractivity contribution in [3.05, 3.63) is 0 Å². The molecule has 1 heterocycles. The molecular formula is C11H20N2S. The van der Waals surface area contributed by atoms with E-state index in [1.165, 1.54) is 31.1 Å². The van der Waals surface area contributed by atoms with E-state index in [-0.39, 0.29) is 5.41 Å². The Morgan fingerprint density at radius 3 is 2.57 bits per heavy atom. The number of thioether (sulfide) groups is 1. The zero-order valence-corrected chi connectivity index (χ0v) is 10.1. The van der Waals surface area contributed by atoms with E-state index in [1.807, 2.05) is 25.6 Å². The van der Waals surface area contributed by atoms with Gasteiger partial charge in [0.05, 0.1) is 11.5 Å². The molecule has 3 heteroatoms. The van der Waals surface area contributed by atoms with Crippen molar-refractivity contribution in [2.75, 3.05) is 31.1 Å². The van der Waals surface area contributed by atoms with Crippen molar-refractivity contribution in [2.24, 2.45) is 5.41 Å². The lowest BCUT2D eigenvalue weighted by atomic mass is 9.90. The van der Waals surface area contributed by atoms with E-state index in [2.05, 4.69) is 11.0 Å². The predicted octanol–water partition coefficient (Wildman–Crippen LogP) is 2.37. The third kappa shape index (κ3) is 4.34. The van der Waals surface area contributed by atoms with Gasteiger partial charge in [0.2, 0.25) is 0 Å². The Bertz CT molecular complexity index is 202. The lowest BCUT2D eigenvalue weighted by molar-refractivity contribution is 0.279. The maximum Gasteiger partial charge on any atom is 0.0683 e. The average molecular weight is 212 g/mol. The molecule has 0 radical (unpaired) electrons. The second-order valence-corrected chi connectivity index (χ2v) is 5.78. The van der Waals surface area contributed by atoms with Gasteiger partial charge >= 0.3 is 0 Å². The van der Waals surface area contributed by atoms with Crippen LogP contribution in [0.15, 0.2) is 0 Å². The Labute approximate surface area is 91.7 Å². The van der Waals surface area contributed by atoms with Gasteiger partial charge in [0, 0.05) is 24.6 Å². The molecule has 80 valence electrons. The number of rotatable bonds is 4. The van der Waals surface area contributed by atoms with E-state index >= 15 is 0 Å². The predicted molar refractivity (Wildman–Crippen MR) is 62.4 cm³/mol. The molecule has 0 bridgehead atoms. The average Bonchev–Trinajstić information content (AvgIpc) is 2.19. The first-order valence-corrected chi connectivity index (χ1v) is 6.51. The number of nitrogens with zero attached hydrogens (tertiary/aromatic N) is 2. The zero-order valence-electron chi connectivity index (χ0n) is 9.25. The fourth-order valence-corrected chi connectivity index (χ4v) is 2.60. The summed E-state index contributed by atoms with van der Waals surface area (Å²) in [6, 6.07) is 2.36. The van der Waals surface area contributed by atoms with Crippen LogP contribution in [0.25, 0.3) is 0 Å². The van der Waals surface area contributed by atoms with Crippen molar-refractivity contribution in [2.45, 2.75) is 26.7 Å². The fraction of sp³-hybridized carbons (Fsp3) is 0.909. The molecule has 0 saturated carbocycles. The Balaban J connectivity index is 2.12. The van der Waals surface area contributed by atoms with E-state index in [0.29, 0.717) is 0 Å². The van der Waals surface area contributed by atoms with Crippen LogP contribution in [-0.4, -0.2) is 36.0 Å². The van der Waals surface area contributed by atoms with Gasteiger partial charge in [0.1, 0.15) is 0 Å². The molecule has 0 aromatic heterocycles. The largest absolute Gasteiger partial charge is 0.302 e. The molecule has 14 heavy (non-hydrogen) atoms. The molecule has 1 aliphatic heterocycles. The summed E-state index contributed by atoms with van der Waals surface area (Å²) in [5.41, 5.74) is -0.134. The smallest absolute Gasteiger partial charge is 0.0683 e. The molecule has 0 unspecified atom stereocenters. The molecule has 0 N–H and O–H groups in total. The topological polar surface area (TPSA) is 27.0 Å². The highest BCUT2D eigenvalue weighted by Crippen LogP contribution is 2.21. The van der Waals surface area contributed by atoms with E-state index in [9.17, 15) is 0 Å². The summed E-state index contributed by atoms with van der Waals surface area (Å²) in [6.45, 7) is 7.69. The summed E-state index contributed by atoms with van der Waals surface area (Å²) in [7, 11) is 0. The van der Waals surface area contributed by atoms with Crippen LogP contribution in [-0.2, 0) is 0 Å². The quantitative estimate of drug-likeness (QED) is 0.716. The van der Waals surface area contributed by atoms with Gasteiger partial charge in [-0.3, -0.25) is 0 Å². The van der Waals surface area contributed by atoms with Crippen molar-refractivity contribution in [3.63, 3.8) is 0 Å². The molecule has 1 aliphatic rings. The first-order valence-electron chi connectivity index (χ1n) is 5.35. The van der Waals surface area contributed by atoms with E-state index in [0.717, 1.165) is 12.8 Å². The van der Waals surface area contributed by atoms with Gasteiger partial charge in [-0.2, -0.15) is 17.0 Å². The highest BCUT2D eigenvalue weighted by Gasteiger charge is 2.17. The second kappa shape index (κ2) is 5.63. The zero-order chi connectivity index (χ0) is 10.4. The molecule has 0 aromatic carbocycles. The highest BCUT2D eigenvalue weighted by atomic mass is 32.2. The Kier molecular flexibility index (Phi) is 4.77. The first kappa shape index (κ1) is 11.9. The van der Waals surface area contributed by atoms with Crippen LogP contribution in [0.4, 0.5) is 0 Å². The van der Waals surface area contributed by atoms with Crippen LogP contribution in [0.5, 0.6) is 0 Å². The van der Waals surface area contributed by atoms with Crippen molar-refractivity contribution in [1.82, 2.24) is 4.90 Å². The second-order valence-electron chi connectivity index (χ2n) is 4.55. The van der Waals surface area contributed by atoms with Crippen LogP contribution in [0.1, 0.15) is 26.7 Å². The standard InChI is InChI=1S/C11H20N2S/c1-11(2,10-12)4-3-5-13-6-8-14-9-7-13/h3-9H2,1-2H3. The van der Waals surface area contributed by atoms with E-state index < -0.39 is 0 Å². The SMILES string of the molecule is CC(C)(C#N)CCCN1CCSCC1. The van der Waals surface area contributed by atoms with Gasteiger partial charge < -0.3 is 4.90 Å². The van der Waals surface area contributed by atoms with Crippen LogP contribution in [0.3, 0.4) is 0 Å². The highest BCUT2D eigenvalue weighted by molar-refractivity contribution is 7.99. The lowest BCUT2D eigenvalue weighted by Crippen LogP contribution is -2.33. The Morgan fingerprint density at radius 1 is 1.36 bits per heavy atom. The normalized spacial score (nSPS) is 19.2. The molecule has 1 saturated heterocycles. The minimum atomic E-state index is -0.134. The van der Waals surface area contributed by atoms with Crippen molar-refractivity contribution >= 4 is 11.8 Å². The van der Waals surface area contributed by atoms with Gasteiger partial charge in [-0.1, -0.05) is 0 Å². The van der Waals surface area contributed by atoms with Crippen LogP contribution < -0.4 is 0 Å². The van der Waals surface area contributed by atoms with Crippen molar-refractivity contribution in [1.29, 1.82) is 5.26 Å². The van der Waals surface area contributed by atoms with Crippen LogP contribution >= 0.6 is 11.8 Å². The third-order valence-electron chi connectivity index (χ3n) is 2.68. The fourth-order valence-electron chi connectivity index (χ4n) is 1.63. The molecule has 0 aromatic rings. The molecule has 0 aliphatic carbocycles. The number of hydrogen-bond acceptors (Lipinski definition) is 3. The minimum absolute atomic E-state index is 0.134. The summed E-state index contributed by atoms with van der Waals surface area (Å²) in [5.74, 6) is 2.56. The molecule has 0 atom stereocenters. The molecule has 1 rings (SSSR count). The van der Waals surface area contributed by atoms with Gasteiger partial charge in [0.15, 0.2) is 0 Å². The Hall–Kier alpha value is -0.200. The lowest BCUT2D eigenvalue weighted by Gasteiger charge is -2.27. The minimum Gasteiger partial charge on any atom is -0.302 e. The van der Waals surface area contributed by atoms with E-state index in [1.54, 1.807) is 0 Å². The van der Waals surface area contributed by atoms with Crippen LogP contribution in [0.2, 0.25) is 0 Å². The first-order chi connectivity index (χ1) is 6.64. The monoisotopic (exact) mass is 212 g/mol. The maximum atomic E-state index is 8.86. The maximum absolute atomic E-state index is 8.86. The summed E-state index contributed by atoms with van der Waals surface area (Å²) in [4.78, 5) is 2.52. The number of hydrogen-bond donors (Lipinski definition) is 0. The van der Waals surface area contributed by atoms with Crippen molar-refractivity contribution < 1.29 is 0 Å². The van der Waals surface area contributed by atoms with E-state index in [4.69, 9.17) is 5.26 Å². The Morgan fingerprint density at radius 2 is 2.00 bits per heavy atom. The van der Waals surface area contributed by atoms with Gasteiger partial charge in [-0.15, -0.1) is 0 Å². The van der Waals surface area contributed by atoms with Crippen molar-refractivity contribution in [3.8, 4) is 6.07 Å². The molecular weight excluding hydrogens is 192 g/mol. The number of nitriles is 1. The van der Waals surface area contributed by atoms with Gasteiger partial charge in [-0.25, -0.2) is 0 Å². The van der Waals surface area contributed by atoms with Crippen LogP contribution in [0, 0.1) is 16.7 Å². The van der Waals surface area contributed by atoms with Gasteiger partial charge in [0.25, 0.3) is 0 Å². The third-order valence-corrected chi connectivity index (χ3v) is 3.62. The molecule has 2 nitrogen and oxygen atoms in total. The molecule has 0 amide bonds. The molecule has 1 fully saturated rings. The van der Waals surface area contributed by atoms with Gasteiger partial charge in [-0.05, 0) is 33.2 Å². The summed E-state index contributed by atoms with van der Waals surface area (Å²) in [5, 5.41) is 8.86. The summed E-state index contributed by atoms with van der Waals surface area (Å²) in [6.07, 6.45) is 2.18. The molecule has 0 spiro atoms. The summed E-state index contributed by atoms with van der Waals surface area (Å²) >= 11 is 2.05.